The molecule has 0 saturated carbocycles. The van der Waals surface area contributed by atoms with E-state index in [1.54, 1.807) is 60.7 Å². The highest BCUT2D eigenvalue weighted by Gasteiger charge is 2.18. The zero-order chi connectivity index (χ0) is 23.8. The number of amides is 1. The second-order valence-corrected chi connectivity index (χ2v) is 7.52. The van der Waals surface area contributed by atoms with Crippen LogP contribution in [0.5, 0.6) is 11.5 Å². The van der Waals surface area contributed by atoms with Crippen LogP contribution in [0.25, 0.3) is 6.08 Å². The molecule has 0 spiro atoms. The Morgan fingerprint density at radius 1 is 1.03 bits per heavy atom. The quantitative estimate of drug-likeness (QED) is 0.325. The Labute approximate surface area is 201 Å². The van der Waals surface area contributed by atoms with Crippen molar-refractivity contribution in [3.05, 3.63) is 93.5 Å². The number of nitrogens with one attached hydrogen (secondary N) is 1. The Bertz CT molecular complexity index is 1270. The molecular formula is C25H18Cl2N2O4. The van der Waals surface area contributed by atoms with Gasteiger partial charge in [0, 0.05) is 22.2 Å². The van der Waals surface area contributed by atoms with E-state index < -0.39 is 5.91 Å². The van der Waals surface area contributed by atoms with Crippen molar-refractivity contribution in [2.75, 3.05) is 19.0 Å². The number of ketones is 1. The minimum atomic E-state index is -0.450. The lowest BCUT2D eigenvalue weighted by molar-refractivity contribution is -0.111. The number of nitrogens with zero attached hydrogens (tertiary/aromatic N) is 1. The molecule has 0 aliphatic carbocycles. The minimum Gasteiger partial charge on any atom is -0.493 e. The molecule has 1 amide bonds. The number of nitriles is 1. The van der Waals surface area contributed by atoms with Crippen molar-refractivity contribution in [1.29, 1.82) is 5.26 Å². The van der Waals surface area contributed by atoms with Crippen LogP contribution in [0.4, 0.5) is 5.69 Å². The fourth-order valence-electron chi connectivity index (χ4n) is 2.97. The first-order chi connectivity index (χ1) is 15.9. The highest BCUT2D eigenvalue weighted by molar-refractivity contribution is 6.36. The van der Waals surface area contributed by atoms with Crippen molar-refractivity contribution in [1.82, 2.24) is 0 Å². The summed E-state index contributed by atoms with van der Waals surface area (Å²) >= 11 is 12.2. The van der Waals surface area contributed by atoms with E-state index in [1.807, 2.05) is 6.07 Å². The van der Waals surface area contributed by atoms with Gasteiger partial charge in [-0.25, -0.2) is 0 Å². The lowest BCUT2D eigenvalue weighted by atomic mass is 10.0. The second-order valence-electron chi connectivity index (χ2n) is 6.68. The average Bonchev–Trinajstić information content (AvgIpc) is 2.82. The first-order valence-electron chi connectivity index (χ1n) is 9.68. The molecule has 0 heterocycles. The molecule has 0 atom stereocenters. The van der Waals surface area contributed by atoms with Crippen LogP contribution in [0.3, 0.4) is 0 Å². The van der Waals surface area contributed by atoms with Gasteiger partial charge in [-0.3, -0.25) is 9.59 Å². The van der Waals surface area contributed by atoms with Crippen LogP contribution >= 0.6 is 23.2 Å². The molecule has 0 unspecified atom stereocenters. The SMILES string of the molecule is COc1cc(C=CC(=O)Nc2ccc(Cl)cc2C(=O)c2ccccc2Cl)ccc1OCC#N. The van der Waals surface area contributed by atoms with Gasteiger partial charge in [-0.05, 0) is 54.1 Å². The summed E-state index contributed by atoms with van der Waals surface area (Å²) in [7, 11) is 1.48. The zero-order valence-corrected chi connectivity index (χ0v) is 19.0. The fraction of sp³-hybridized carbons (Fsp3) is 0.0800. The van der Waals surface area contributed by atoms with E-state index in [0.29, 0.717) is 38.4 Å². The molecule has 166 valence electrons. The maximum Gasteiger partial charge on any atom is 0.248 e. The molecule has 33 heavy (non-hydrogen) atoms. The molecule has 0 aliphatic rings. The summed E-state index contributed by atoms with van der Waals surface area (Å²) < 4.78 is 10.5. The number of hydrogen-bond acceptors (Lipinski definition) is 5. The molecule has 0 aromatic heterocycles. The Kier molecular flexibility index (Phi) is 8.09. The molecule has 0 bridgehead atoms. The number of anilines is 1. The summed E-state index contributed by atoms with van der Waals surface area (Å²) in [5.41, 5.74) is 1.50. The molecule has 3 aromatic rings. The van der Waals surface area contributed by atoms with Gasteiger partial charge in [-0.2, -0.15) is 5.26 Å². The maximum absolute atomic E-state index is 13.0. The standard InChI is InChI=1S/C25H18Cl2N2O4/c1-32-23-14-16(6-10-22(23)33-13-12-28)7-11-24(30)29-21-9-8-17(26)15-19(21)25(31)18-4-2-3-5-20(18)27/h2-11,14-15H,13H2,1H3,(H,29,30). The van der Waals surface area contributed by atoms with Gasteiger partial charge in [0.05, 0.1) is 17.8 Å². The lowest BCUT2D eigenvalue weighted by Gasteiger charge is -2.11. The summed E-state index contributed by atoms with van der Waals surface area (Å²) in [6.07, 6.45) is 2.90. The number of carbonyl (C=O) groups excluding carboxylic acids is 2. The maximum atomic E-state index is 13.0. The van der Waals surface area contributed by atoms with Crippen LogP contribution in [-0.4, -0.2) is 25.4 Å². The van der Waals surface area contributed by atoms with Gasteiger partial charge >= 0.3 is 0 Å². The second kappa shape index (κ2) is 11.2. The monoisotopic (exact) mass is 480 g/mol. The molecule has 1 N–H and O–H groups in total. The average molecular weight is 481 g/mol. The first-order valence-corrected chi connectivity index (χ1v) is 10.4. The van der Waals surface area contributed by atoms with Crippen LogP contribution in [0, 0.1) is 11.3 Å². The largest absolute Gasteiger partial charge is 0.493 e. The smallest absolute Gasteiger partial charge is 0.248 e. The Balaban J connectivity index is 1.80. The Morgan fingerprint density at radius 2 is 1.82 bits per heavy atom. The van der Waals surface area contributed by atoms with E-state index in [0.717, 1.165) is 0 Å². The number of ether oxygens (including phenoxy) is 2. The molecule has 3 aromatic carbocycles. The Hall–Kier alpha value is -3.79. The van der Waals surface area contributed by atoms with E-state index in [2.05, 4.69) is 5.32 Å². The van der Waals surface area contributed by atoms with Crippen molar-refractivity contribution < 1.29 is 19.1 Å². The van der Waals surface area contributed by atoms with Gasteiger partial charge in [-0.1, -0.05) is 41.4 Å². The zero-order valence-electron chi connectivity index (χ0n) is 17.5. The van der Waals surface area contributed by atoms with Crippen molar-refractivity contribution in [3.63, 3.8) is 0 Å². The van der Waals surface area contributed by atoms with Crippen molar-refractivity contribution in [2.45, 2.75) is 0 Å². The number of halogens is 2. The molecule has 0 saturated heterocycles. The third-order valence-corrected chi connectivity index (χ3v) is 5.07. The molecular weight excluding hydrogens is 463 g/mol. The summed E-state index contributed by atoms with van der Waals surface area (Å²) in [5, 5.41) is 12.0. The number of carbonyl (C=O) groups is 2. The highest BCUT2D eigenvalue weighted by Crippen LogP contribution is 2.29. The highest BCUT2D eigenvalue weighted by atomic mass is 35.5. The van der Waals surface area contributed by atoms with Crippen LogP contribution in [0.2, 0.25) is 10.0 Å². The number of methoxy groups -OCH3 is 1. The topological polar surface area (TPSA) is 88.4 Å². The van der Waals surface area contributed by atoms with E-state index in [-0.39, 0.29) is 18.0 Å². The van der Waals surface area contributed by atoms with Crippen molar-refractivity contribution >= 4 is 46.7 Å². The fourth-order valence-corrected chi connectivity index (χ4v) is 3.36. The number of benzene rings is 3. The van der Waals surface area contributed by atoms with Crippen LogP contribution in [0.15, 0.2) is 66.7 Å². The van der Waals surface area contributed by atoms with Crippen molar-refractivity contribution in [3.8, 4) is 17.6 Å². The predicted molar refractivity (Wildman–Crippen MR) is 128 cm³/mol. The minimum absolute atomic E-state index is 0.107. The van der Waals surface area contributed by atoms with Gasteiger partial charge in [0.2, 0.25) is 5.91 Å². The van der Waals surface area contributed by atoms with Gasteiger partial charge in [0.1, 0.15) is 6.07 Å². The van der Waals surface area contributed by atoms with Gasteiger partial charge in [0.25, 0.3) is 0 Å². The van der Waals surface area contributed by atoms with Gasteiger partial charge in [0.15, 0.2) is 23.9 Å². The van der Waals surface area contributed by atoms with Crippen molar-refractivity contribution in [2.24, 2.45) is 0 Å². The lowest BCUT2D eigenvalue weighted by Crippen LogP contribution is -2.13. The van der Waals surface area contributed by atoms with E-state index >= 15 is 0 Å². The van der Waals surface area contributed by atoms with E-state index in [1.165, 1.54) is 19.3 Å². The normalized spacial score (nSPS) is 10.5. The third-order valence-electron chi connectivity index (χ3n) is 4.51. The van der Waals surface area contributed by atoms with Gasteiger partial charge < -0.3 is 14.8 Å². The third kappa shape index (κ3) is 6.13. The molecule has 3 rings (SSSR count). The molecule has 0 aliphatic heterocycles. The van der Waals surface area contributed by atoms with E-state index in [9.17, 15) is 9.59 Å². The number of rotatable bonds is 8. The van der Waals surface area contributed by atoms with Crippen LogP contribution in [0.1, 0.15) is 21.5 Å². The summed E-state index contributed by atoms with van der Waals surface area (Å²) in [4.78, 5) is 25.6. The molecule has 0 radical (unpaired) electrons. The molecule has 8 heteroatoms. The summed E-state index contributed by atoms with van der Waals surface area (Å²) in [6.45, 7) is -0.107. The van der Waals surface area contributed by atoms with E-state index in [4.69, 9.17) is 37.9 Å². The number of hydrogen-bond donors (Lipinski definition) is 1. The first kappa shape index (κ1) is 23.9. The summed E-state index contributed by atoms with van der Waals surface area (Å²) in [5.74, 6) is 0.0389. The molecule has 0 fully saturated rings. The molecule has 6 nitrogen and oxygen atoms in total. The predicted octanol–water partition coefficient (Wildman–Crippen LogP) is 5.79. The van der Waals surface area contributed by atoms with Crippen LogP contribution in [-0.2, 0) is 4.79 Å². The van der Waals surface area contributed by atoms with Crippen LogP contribution < -0.4 is 14.8 Å². The van der Waals surface area contributed by atoms with Gasteiger partial charge in [-0.15, -0.1) is 0 Å². The Morgan fingerprint density at radius 3 is 2.55 bits per heavy atom. The summed E-state index contributed by atoms with van der Waals surface area (Å²) in [6, 6.07) is 18.2.